The molecule has 2 nitrogen and oxygen atoms in total. The third kappa shape index (κ3) is 1.91. The highest BCUT2D eigenvalue weighted by Gasteiger charge is 2.68. The fraction of sp³-hybridized carbons (Fsp3) is 0.533. The number of halogens is 3. The summed E-state index contributed by atoms with van der Waals surface area (Å²) in [4.78, 5) is 11.8. The molecule has 0 aliphatic heterocycles. The lowest BCUT2D eigenvalue weighted by Crippen LogP contribution is -2.61. The van der Waals surface area contributed by atoms with E-state index < -0.39 is 22.9 Å². The number of carbonyl (C=O) groups excluding carboxylic acids is 1. The number of hydrogen-bond acceptors (Lipinski definition) is 1. The van der Waals surface area contributed by atoms with Gasteiger partial charge < -0.3 is 5.73 Å². The van der Waals surface area contributed by atoms with Crippen molar-refractivity contribution in [2.75, 3.05) is 0 Å². The first-order chi connectivity index (χ1) is 9.26. The summed E-state index contributed by atoms with van der Waals surface area (Å²) in [5.74, 6) is -0.877. The second-order valence-corrected chi connectivity index (χ2v) is 5.67. The summed E-state index contributed by atoms with van der Waals surface area (Å²) < 4.78 is 41.8. The molecule has 2 atom stereocenters. The van der Waals surface area contributed by atoms with Crippen LogP contribution in [0.15, 0.2) is 30.3 Å². The van der Waals surface area contributed by atoms with Crippen LogP contribution in [-0.2, 0) is 10.2 Å². The van der Waals surface area contributed by atoms with Crippen molar-refractivity contribution in [2.45, 2.75) is 44.2 Å². The summed E-state index contributed by atoms with van der Waals surface area (Å²) in [7, 11) is 0. The Balaban J connectivity index is 2.71. The third-order valence-corrected chi connectivity index (χ3v) is 4.71. The second kappa shape index (κ2) is 4.79. The summed E-state index contributed by atoms with van der Waals surface area (Å²) >= 11 is 0. The molecule has 1 fully saturated rings. The van der Waals surface area contributed by atoms with Gasteiger partial charge in [0.05, 0.1) is 5.41 Å². The average Bonchev–Trinajstić information content (AvgIpc) is 2.38. The summed E-state index contributed by atoms with van der Waals surface area (Å²) in [5, 5.41) is 0. The maximum Gasteiger partial charge on any atom is 0.399 e. The van der Waals surface area contributed by atoms with E-state index in [-0.39, 0.29) is 18.4 Å². The standard InChI is InChI=1S/C15H18F3NO/c1-13(12(19)20)9-5-6-10-14(13,15(16,17)18)11-7-3-2-4-8-11/h2-4,7-8H,5-6,9-10H2,1H3,(H2,19,20). The molecule has 0 aromatic heterocycles. The zero-order chi connectivity index (χ0) is 15.0. The van der Waals surface area contributed by atoms with Gasteiger partial charge in [0.1, 0.15) is 5.41 Å². The van der Waals surface area contributed by atoms with Crippen molar-refractivity contribution in [3.63, 3.8) is 0 Å². The Morgan fingerprint density at radius 1 is 1.15 bits per heavy atom. The highest BCUT2D eigenvalue weighted by Crippen LogP contribution is 2.59. The molecule has 0 heterocycles. The van der Waals surface area contributed by atoms with Gasteiger partial charge >= 0.3 is 6.18 Å². The van der Waals surface area contributed by atoms with Gasteiger partial charge in [-0.25, -0.2) is 0 Å². The lowest BCUT2D eigenvalue weighted by molar-refractivity contribution is -0.233. The Kier molecular flexibility index (Phi) is 3.56. The molecular weight excluding hydrogens is 267 g/mol. The molecule has 20 heavy (non-hydrogen) atoms. The molecule has 0 saturated heterocycles. The van der Waals surface area contributed by atoms with E-state index in [9.17, 15) is 18.0 Å². The molecule has 2 rings (SSSR count). The van der Waals surface area contributed by atoms with E-state index in [0.29, 0.717) is 12.8 Å². The first-order valence-electron chi connectivity index (χ1n) is 6.68. The number of amides is 1. The minimum atomic E-state index is -4.52. The van der Waals surface area contributed by atoms with Gasteiger partial charge in [-0.05, 0) is 25.3 Å². The van der Waals surface area contributed by atoms with E-state index in [2.05, 4.69) is 0 Å². The van der Waals surface area contributed by atoms with Crippen molar-refractivity contribution in [2.24, 2.45) is 11.1 Å². The largest absolute Gasteiger partial charge is 0.399 e. The summed E-state index contributed by atoms with van der Waals surface area (Å²) in [6.07, 6.45) is -3.42. The van der Waals surface area contributed by atoms with Gasteiger partial charge in [0, 0.05) is 0 Å². The second-order valence-electron chi connectivity index (χ2n) is 5.67. The van der Waals surface area contributed by atoms with Crippen LogP contribution in [0.5, 0.6) is 0 Å². The van der Waals surface area contributed by atoms with Crippen LogP contribution in [0.3, 0.4) is 0 Å². The number of nitrogens with two attached hydrogens (primary N) is 1. The van der Waals surface area contributed by atoms with Crippen LogP contribution in [0.4, 0.5) is 13.2 Å². The van der Waals surface area contributed by atoms with Gasteiger partial charge in [0.25, 0.3) is 0 Å². The van der Waals surface area contributed by atoms with E-state index in [1.807, 2.05) is 0 Å². The predicted molar refractivity (Wildman–Crippen MR) is 69.9 cm³/mol. The monoisotopic (exact) mass is 285 g/mol. The number of hydrogen-bond donors (Lipinski definition) is 1. The number of benzene rings is 1. The highest BCUT2D eigenvalue weighted by molar-refractivity contribution is 5.83. The molecule has 0 bridgehead atoms. The van der Waals surface area contributed by atoms with Gasteiger partial charge in [-0.2, -0.15) is 13.2 Å². The molecule has 5 heteroatoms. The molecule has 1 amide bonds. The van der Waals surface area contributed by atoms with E-state index in [4.69, 9.17) is 5.73 Å². The molecule has 1 aliphatic rings. The Hall–Kier alpha value is -1.52. The molecule has 1 aromatic carbocycles. The third-order valence-electron chi connectivity index (χ3n) is 4.71. The van der Waals surface area contributed by atoms with Crippen molar-refractivity contribution in [1.82, 2.24) is 0 Å². The minimum Gasteiger partial charge on any atom is -0.369 e. The number of carbonyl (C=O) groups is 1. The Bertz CT molecular complexity index is 500. The van der Waals surface area contributed by atoms with Gasteiger partial charge in [-0.15, -0.1) is 0 Å². The van der Waals surface area contributed by atoms with Crippen LogP contribution in [0, 0.1) is 5.41 Å². The quantitative estimate of drug-likeness (QED) is 0.887. The fourth-order valence-electron chi connectivity index (χ4n) is 3.50. The maximum atomic E-state index is 13.9. The molecule has 110 valence electrons. The van der Waals surface area contributed by atoms with E-state index in [0.717, 1.165) is 0 Å². The number of rotatable bonds is 2. The van der Waals surface area contributed by atoms with Crippen molar-refractivity contribution >= 4 is 5.91 Å². The maximum absolute atomic E-state index is 13.9. The van der Waals surface area contributed by atoms with Crippen LogP contribution in [0.1, 0.15) is 38.2 Å². The van der Waals surface area contributed by atoms with E-state index in [1.54, 1.807) is 18.2 Å². The molecule has 1 saturated carbocycles. The lowest BCUT2D eigenvalue weighted by Gasteiger charge is -2.51. The topological polar surface area (TPSA) is 43.1 Å². The molecular formula is C15H18F3NO. The van der Waals surface area contributed by atoms with Crippen LogP contribution in [-0.4, -0.2) is 12.1 Å². The summed E-state index contributed by atoms with van der Waals surface area (Å²) in [5.41, 5.74) is 1.71. The predicted octanol–water partition coefficient (Wildman–Crippen LogP) is 3.55. The van der Waals surface area contributed by atoms with Crippen LogP contribution in [0.2, 0.25) is 0 Å². The van der Waals surface area contributed by atoms with E-state index >= 15 is 0 Å². The average molecular weight is 285 g/mol. The lowest BCUT2D eigenvalue weighted by atomic mass is 9.53. The molecule has 1 aliphatic carbocycles. The van der Waals surface area contributed by atoms with Gasteiger partial charge in [0.15, 0.2) is 0 Å². The van der Waals surface area contributed by atoms with Crippen molar-refractivity contribution in [3.05, 3.63) is 35.9 Å². The smallest absolute Gasteiger partial charge is 0.369 e. The fourth-order valence-corrected chi connectivity index (χ4v) is 3.50. The van der Waals surface area contributed by atoms with Crippen molar-refractivity contribution in [1.29, 1.82) is 0 Å². The van der Waals surface area contributed by atoms with Gasteiger partial charge in [-0.3, -0.25) is 4.79 Å². The van der Waals surface area contributed by atoms with Crippen molar-refractivity contribution < 1.29 is 18.0 Å². The molecule has 2 unspecified atom stereocenters. The zero-order valence-electron chi connectivity index (χ0n) is 11.3. The highest BCUT2D eigenvalue weighted by atomic mass is 19.4. The first kappa shape index (κ1) is 14.9. The molecule has 0 radical (unpaired) electrons. The summed E-state index contributed by atoms with van der Waals surface area (Å²) in [6.45, 7) is 1.36. The van der Waals surface area contributed by atoms with Gasteiger partial charge in [-0.1, -0.05) is 43.2 Å². The Labute approximate surface area is 116 Å². The van der Waals surface area contributed by atoms with Crippen LogP contribution < -0.4 is 5.73 Å². The van der Waals surface area contributed by atoms with Crippen LogP contribution >= 0.6 is 0 Å². The normalized spacial score (nSPS) is 31.0. The summed E-state index contributed by atoms with van der Waals surface area (Å²) in [6, 6.07) is 7.69. The minimum absolute atomic E-state index is 0.0973. The first-order valence-corrected chi connectivity index (χ1v) is 6.68. The number of alkyl halides is 3. The van der Waals surface area contributed by atoms with Crippen molar-refractivity contribution in [3.8, 4) is 0 Å². The Morgan fingerprint density at radius 3 is 2.20 bits per heavy atom. The molecule has 1 aromatic rings. The zero-order valence-corrected chi connectivity index (χ0v) is 11.3. The number of primary amides is 1. The SMILES string of the molecule is CC1(C(N)=O)CCCCC1(c1ccccc1)C(F)(F)F. The van der Waals surface area contributed by atoms with E-state index in [1.165, 1.54) is 19.1 Å². The van der Waals surface area contributed by atoms with Gasteiger partial charge in [0.2, 0.25) is 5.91 Å². The van der Waals surface area contributed by atoms with Crippen LogP contribution in [0.25, 0.3) is 0 Å². The Morgan fingerprint density at radius 2 is 1.70 bits per heavy atom. The molecule has 2 N–H and O–H groups in total. The molecule has 0 spiro atoms.